The third kappa shape index (κ3) is 1.04. The van der Waals surface area contributed by atoms with Crippen LogP contribution < -0.4 is 10.4 Å². The first kappa shape index (κ1) is 8.63. The predicted molar refractivity (Wildman–Crippen MR) is 57.6 cm³/mol. The van der Waals surface area contributed by atoms with Crippen molar-refractivity contribution in [2.45, 2.75) is 0 Å². The zero-order valence-electron chi connectivity index (χ0n) is 7.62. The van der Waals surface area contributed by atoms with Crippen molar-refractivity contribution in [3.63, 3.8) is 0 Å². The fraction of sp³-hybridized carbons (Fsp3) is 0. The van der Waals surface area contributed by atoms with Crippen molar-refractivity contribution in [3.8, 4) is 11.5 Å². The minimum Gasteiger partial charge on any atom is -0.504 e. The monoisotopic (exact) mass is 186 g/mol. The average Bonchev–Trinajstić information content (AvgIpc) is 2.16. The van der Waals surface area contributed by atoms with Crippen LogP contribution in [0.5, 0.6) is 11.5 Å². The molecule has 0 heterocycles. The molecule has 0 atom stereocenters. The molecule has 14 heavy (non-hydrogen) atoms. The maximum atomic E-state index is 9.65. The predicted octanol–water partition coefficient (Wildman–Crippen LogP) is 1.07. The number of aromatic hydroxyl groups is 2. The van der Waals surface area contributed by atoms with Gasteiger partial charge in [-0.3, -0.25) is 0 Å². The van der Waals surface area contributed by atoms with E-state index in [1.807, 2.05) is 6.07 Å². The lowest BCUT2D eigenvalue weighted by atomic mass is 10.1. The molecule has 0 unspecified atom stereocenters. The highest BCUT2D eigenvalue weighted by atomic mass is 16.3. The molecule has 70 valence electrons. The van der Waals surface area contributed by atoms with Gasteiger partial charge in [-0.25, -0.2) is 0 Å². The molecule has 2 nitrogen and oxygen atoms in total. The van der Waals surface area contributed by atoms with Crippen LogP contribution in [0.25, 0.3) is 23.9 Å². The van der Waals surface area contributed by atoms with Crippen LogP contribution in [0.3, 0.4) is 0 Å². The van der Waals surface area contributed by atoms with Gasteiger partial charge in [0.25, 0.3) is 0 Å². The Morgan fingerprint density at radius 3 is 2.21 bits per heavy atom. The van der Waals surface area contributed by atoms with E-state index in [9.17, 15) is 10.2 Å². The average molecular weight is 186 g/mol. The second-order valence-corrected chi connectivity index (χ2v) is 3.24. The number of rotatable bonds is 0. The Bertz CT molecular complexity index is 600. The van der Waals surface area contributed by atoms with Crippen LogP contribution in [-0.4, -0.2) is 10.2 Å². The van der Waals surface area contributed by atoms with Crippen LogP contribution in [0.1, 0.15) is 0 Å². The first-order valence-corrected chi connectivity index (χ1v) is 4.23. The van der Waals surface area contributed by atoms with Gasteiger partial charge in [0.15, 0.2) is 11.5 Å². The highest BCUT2D eigenvalue weighted by Crippen LogP contribution is 2.29. The van der Waals surface area contributed by atoms with Gasteiger partial charge in [-0.15, -0.1) is 0 Å². The number of benzene rings is 2. The Morgan fingerprint density at radius 2 is 1.50 bits per heavy atom. The third-order valence-corrected chi connectivity index (χ3v) is 2.31. The molecule has 2 aromatic carbocycles. The summed E-state index contributed by atoms with van der Waals surface area (Å²) in [7, 11) is 0. The molecular formula is C12H10O2. The highest BCUT2D eigenvalue weighted by Gasteiger charge is 2.05. The minimum absolute atomic E-state index is 0.127. The van der Waals surface area contributed by atoms with Crippen molar-refractivity contribution < 1.29 is 10.2 Å². The summed E-state index contributed by atoms with van der Waals surface area (Å²) in [6.45, 7) is 7.63. The molecule has 2 aromatic rings. The Morgan fingerprint density at radius 1 is 0.857 bits per heavy atom. The number of phenolic OH excluding ortho intramolecular Hbond substituents is 2. The molecule has 2 N–H and O–H groups in total. The van der Waals surface area contributed by atoms with Gasteiger partial charge in [-0.05, 0) is 28.0 Å². The molecule has 0 fully saturated rings. The molecule has 0 bridgehead atoms. The van der Waals surface area contributed by atoms with Gasteiger partial charge in [0, 0.05) is 5.39 Å². The topological polar surface area (TPSA) is 40.5 Å². The van der Waals surface area contributed by atoms with Crippen LogP contribution >= 0.6 is 0 Å². The lowest BCUT2D eigenvalue weighted by molar-refractivity contribution is 0.408. The van der Waals surface area contributed by atoms with Gasteiger partial charge in [0.2, 0.25) is 0 Å². The fourth-order valence-electron chi connectivity index (χ4n) is 1.55. The Kier molecular flexibility index (Phi) is 1.71. The molecule has 0 radical (unpaired) electrons. The minimum atomic E-state index is -0.131. The number of phenols is 2. The van der Waals surface area contributed by atoms with Crippen molar-refractivity contribution in [1.29, 1.82) is 0 Å². The maximum Gasteiger partial charge on any atom is 0.166 e. The van der Waals surface area contributed by atoms with Crippen LogP contribution in [0.4, 0.5) is 0 Å². The van der Waals surface area contributed by atoms with Crippen LogP contribution in [0.2, 0.25) is 0 Å². The Hall–Kier alpha value is -1.96. The fourth-order valence-corrected chi connectivity index (χ4v) is 1.55. The van der Waals surface area contributed by atoms with Gasteiger partial charge >= 0.3 is 0 Å². The summed E-state index contributed by atoms with van der Waals surface area (Å²) < 4.78 is 0. The summed E-state index contributed by atoms with van der Waals surface area (Å²) in [5.41, 5.74) is 0. The molecular weight excluding hydrogens is 176 g/mol. The number of hydrogen-bond acceptors (Lipinski definition) is 2. The third-order valence-electron chi connectivity index (χ3n) is 2.31. The van der Waals surface area contributed by atoms with Crippen molar-refractivity contribution in [2.75, 3.05) is 0 Å². The molecule has 0 aliphatic carbocycles. The summed E-state index contributed by atoms with van der Waals surface area (Å²) in [5, 5.41) is 21.8. The van der Waals surface area contributed by atoms with E-state index >= 15 is 0 Å². The van der Waals surface area contributed by atoms with E-state index in [1.54, 1.807) is 12.1 Å². The molecule has 0 saturated heterocycles. The SMILES string of the molecule is C=c1ccc(=C)c2c(O)c(O)ccc12. The number of hydrogen-bond donors (Lipinski definition) is 2. The molecule has 0 amide bonds. The van der Waals surface area contributed by atoms with E-state index in [1.165, 1.54) is 6.07 Å². The zero-order valence-corrected chi connectivity index (χ0v) is 7.62. The molecule has 0 aliphatic heterocycles. The smallest absolute Gasteiger partial charge is 0.166 e. The summed E-state index contributed by atoms with van der Waals surface area (Å²) in [6.07, 6.45) is 0. The molecule has 2 heteroatoms. The standard InChI is InChI=1S/C12H10O2/c1-7-3-4-8(2)11-9(7)5-6-10(13)12(11)14/h3-6,13-14H,1-2H2. The quantitative estimate of drug-likeness (QED) is 0.604. The highest BCUT2D eigenvalue weighted by molar-refractivity contribution is 5.91. The maximum absolute atomic E-state index is 9.65. The van der Waals surface area contributed by atoms with Crippen LogP contribution in [-0.2, 0) is 0 Å². The summed E-state index contributed by atoms with van der Waals surface area (Å²) in [6, 6.07) is 6.78. The van der Waals surface area contributed by atoms with Crippen molar-refractivity contribution in [3.05, 3.63) is 34.7 Å². The van der Waals surface area contributed by atoms with E-state index in [0.717, 1.165) is 10.6 Å². The van der Waals surface area contributed by atoms with E-state index in [-0.39, 0.29) is 11.5 Å². The summed E-state index contributed by atoms with van der Waals surface area (Å²) in [5.74, 6) is -0.258. The van der Waals surface area contributed by atoms with Gasteiger partial charge in [-0.2, -0.15) is 0 Å². The van der Waals surface area contributed by atoms with Gasteiger partial charge in [0.1, 0.15) is 0 Å². The lowest BCUT2D eigenvalue weighted by Crippen LogP contribution is -2.08. The number of fused-ring (bicyclic) bond motifs is 1. The van der Waals surface area contributed by atoms with Crippen LogP contribution in [0, 0.1) is 0 Å². The lowest BCUT2D eigenvalue weighted by Gasteiger charge is -2.03. The van der Waals surface area contributed by atoms with Gasteiger partial charge in [0.05, 0.1) is 0 Å². The molecule has 0 spiro atoms. The van der Waals surface area contributed by atoms with E-state index < -0.39 is 0 Å². The van der Waals surface area contributed by atoms with Crippen molar-refractivity contribution >= 4 is 23.9 Å². The molecule has 0 saturated carbocycles. The summed E-state index contributed by atoms with van der Waals surface area (Å²) in [4.78, 5) is 0. The Labute approximate surface area is 81.1 Å². The molecule has 0 aliphatic rings. The van der Waals surface area contributed by atoms with Gasteiger partial charge < -0.3 is 10.2 Å². The first-order chi connectivity index (χ1) is 6.61. The van der Waals surface area contributed by atoms with E-state index in [4.69, 9.17) is 0 Å². The first-order valence-electron chi connectivity index (χ1n) is 4.23. The second-order valence-electron chi connectivity index (χ2n) is 3.24. The van der Waals surface area contributed by atoms with Gasteiger partial charge in [-0.1, -0.05) is 25.3 Å². The van der Waals surface area contributed by atoms with E-state index in [2.05, 4.69) is 13.2 Å². The largest absolute Gasteiger partial charge is 0.504 e. The van der Waals surface area contributed by atoms with Crippen molar-refractivity contribution in [1.82, 2.24) is 0 Å². The molecule has 0 aromatic heterocycles. The normalized spacial score (nSPS) is 10.6. The second kappa shape index (κ2) is 2.77. The van der Waals surface area contributed by atoms with Crippen molar-refractivity contribution in [2.24, 2.45) is 0 Å². The molecule has 2 rings (SSSR count). The summed E-state index contributed by atoms with van der Waals surface area (Å²) >= 11 is 0. The zero-order chi connectivity index (χ0) is 10.3. The Balaban J connectivity index is 3.17. The van der Waals surface area contributed by atoms with E-state index in [0.29, 0.717) is 10.6 Å². The van der Waals surface area contributed by atoms with Crippen LogP contribution in [0.15, 0.2) is 24.3 Å².